The van der Waals surface area contributed by atoms with Crippen LogP contribution in [0.5, 0.6) is 0 Å². The zero-order valence-electron chi connectivity index (χ0n) is 14.6. The average Bonchev–Trinajstić information content (AvgIpc) is 2.95. The molecular formula is C18H25N3O2S. The van der Waals surface area contributed by atoms with Crippen LogP contribution in [0.3, 0.4) is 0 Å². The van der Waals surface area contributed by atoms with E-state index in [1.165, 1.54) is 11.1 Å². The molecule has 0 amide bonds. The van der Waals surface area contributed by atoms with E-state index in [0.29, 0.717) is 25.6 Å². The maximum absolute atomic E-state index is 12.2. The van der Waals surface area contributed by atoms with Gasteiger partial charge in [-0.2, -0.15) is 4.31 Å². The molecule has 0 unspecified atom stereocenters. The van der Waals surface area contributed by atoms with Gasteiger partial charge in [-0.25, -0.2) is 13.4 Å². The van der Waals surface area contributed by atoms with Gasteiger partial charge in [-0.15, -0.1) is 0 Å². The van der Waals surface area contributed by atoms with Crippen molar-refractivity contribution in [2.24, 2.45) is 0 Å². The molecule has 3 rings (SSSR count). The Bertz CT molecular complexity index is 866. The molecule has 0 bridgehead atoms. The summed E-state index contributed by atoms with van der Waals surface area (Å²) in [6, 6.07) is 4.39. The zero-order chi connectivity index (χ0) is 17.3. The Balaban J connectivity index is 1.94. The molecule has 1 aliphatic heterocycles. The molecule has 0 saturated heterocycles. The van der Waals surface area contributed by atoms with Crippen LogP contribution in [0.2, 0.25) is 0 Å². The van der Waals surface area contributed by atoms with Crippen molar-refractivity contribution in [1.82, 2.24) is 13.9 Å². The van der Waals surface area contributed by atoms with E-state index in [4.69, 9.17) is 0 Å². The van der Waals surface area contributed by atoms with Gasteiger partial charge in [0.1, 0.15) is 5.65 Å². The summed E-state index contributed by atoms with van der Waals surface area (Å²) in [5.41, 5.74) is 3.39. The molecule has 0 atom stereocenters. The lowest BCUT2D eigenvalue weighted by Crippen LogP contribution is -2.36. The highest BCUT2D eigenvalue weighted by Crippen LogP contribution is 2.32. The van der Waals surface area contributed by atoms with Crippen LogP contribution in [0, 0.1) is 0 Å². The third-order valence-corrected chi connectivity index (χ3v) is 6.56. The Labute approximate surface area is 144 Å². The first-order valence-corrected chi connectivity index (χ1v) is 10.2. The van der Waals surface area contributed by atoms with Gasteiger partial charge in [-0.1, -0.05) is 13.0 Å². The SMILES string of the molecule is CCCS(=O)(=O)N1CC=C(c2cn(C(C)C)c3ncccc23)CC1. The summed E-state index contributed by atoms with van der Waals surface area (Å²) in [4.78, 5) is 4.53. The molecule has 5 nitrogen and oxygen atoms in total. The minimum atomic E-state index is -3.12. The van der Waals surface area contributed by atoms with Crippen LogP contribution in [0.25, 0.3) is 16.6 Å². The molecule has 0 radical (unpaired) electrons. The fourth-order valence-electron chi connectivity index (χ4n) is 3.27. The van der Waals surface area contributed by atoms with Crippen molar-refractivity contribution in [3.05, 3.63) is 36.2 Å². The molecule has 0 aliphatic carbocycles. The van der Waals surface area contributed by atoms with Crippen molar-refractivity contribution in [2.45, 2.75) is 39.7 Å². The van der Waals surface area contributed by atoms with Crippen LogP contribution in [0.15, 0.2) is 30.6 Å². The van der Waals surface area contributed by atoms with Crippen molar-refractivity contribution in [3.8, 4) is 0 Å². The number of aromatic nitrogens is 2. The van der Waals surface area contributed by atoms with Crippen molar-refractivity contribution < 1.29 is 8.42 Å². The van der Waals surface area contributed by atoms with Gasteiger partial charge >= 0.3 is 0 Å². The first-order valence-electron chi connectivity index (χ1n) is 8.57. The molecule has 0 N–H and O–H groups in total. The largest absolute Gasteiger partial charge is 0.329 e. The smallest absolute Gasteiger partial charge is 0.214 e. The van der Waals surface area contributed by atoms with E-state index in [9.17, 15) is 8.42 Å². The highest BCUT2D eigenvalue weighted by atomic mass is 32.2. The molecule has 6 heteroatoms. The number of nitrogens with zero attached hydrogens (tertiary/aromatic N) is 3. The van der Waals surface area contributed by atoms with Crippen LogP contribution in [-0.2, 0) is 10.0 Å². The molecular weight excluding hydrogens is 322 g/mol. The summed E-state index contributed by atoms with van der Waals surface area (Å²) in [7, 11) is -3.12. The number of hydrogen-bond acceptors (Lipinski definition) is 3. The van der Waals surface area contributed by atoms with E-state index in [-0.39, 0.29) is 5.75 Å². The maximum Gasteiger partial charge on any atom is 0.214 e. The minimum absolute atomic E-state index is 0.229. The molecule has 130 valence electrons. The van der Waals surface area contributed by atoms with E-state index in [1.807, 2.05) is 19.2 Å². The molecule has 0 saturated carbocycles. The molecule has 0 fully saturated rings. The Kier molecular flexibility index (Phi) is 4.78. The van der Waals surface area contributed by atoms with Gasteiger partial charge in [0.2, 0.25) is 10.0 Å². The number of sulfonamides is 1. The van der Waals surface area contributed by atoms with E-state index in [0.717, 1.165) is 17.5 Å². The fourth-order valence-corrected chi connectivity index (χ4v) is 4.71. The van der Waals surface area contributed by atoms with E-state index in [2.05, 4.69) is 41.7 Å². The van der Waals surface area contributed by atoms with Gasteiger partial charge in [-0.05, 0) is 44.4 Å². The standard InChI is InChI=1S/C18H25N3O2S/c1-4-12-24(22,23)20-10-7-15(8-11-20)17-13-21(14(2)3)18-16(17)6-5-9-19-18/h5-7,9,13-14H,4,8,10-12H2,1-3H3. The van der Waals surface area contributed by atoms with Gasteiger partial charge in [0.25, 0.3) is 0 Å². The second-order valence-corrected chi connectivity index (χ2v) is 8.66. The topological polar surface area (TPSA) is 55.2 Å². The van der Waals surface area contributed by atoms with E-state index < -0.39 is 10.0 Å². The molecule has 2 aromatic heterocycles. The normalized spacial score (nSPS) is 16.8. The number of rotatable bonds is 5. The Hall–Kier alpha value is -1.66. The molecule has 2 aromatic rings. The lowest BCUT2D eigenvalue weighted by Gasteiger charge is -2.25. The van der Waals surface area contributed by atoms with Crippen LogP contribution >= 0.6 is 0 Å². The van der Waals surface area contributed by atoms with Crippen molar-refractivity contribution in [1.29, 1.82) is 0 Å². The Morgan fingerprint density at radius 1 is 1.33 bits per heavy atom. The number of hydrogen-bond donors (Lipinski definition) is 0. The summed E-state index contributed by atoms with van der Waals surface area (Å²) in [5.74, 6) is 0.229. The van der Waals surface area contributed by atoms with Gasteiger partial charge in [0.15, 0.2) is 0 Å². The van der Waals surface area contributed by atoms with Gasteiger partial charge in [0, 0.05) is 42.5 Å². The van der Waals surface area contributed by atoms with Gasteiger partial charge in [-0.3, -0.25) is 0 Å². The zero-order valence-corrected chi connectivity index (χ0v) is 15.4. The predicted molar refractivity (Wildman–Crippen MR) is 98.4 cm³/mol. The Morgan fingerprint density at radius 3 is 2.75 bits per heavy atom. The summed E-state index contributed by atoms with van der Waals surface area (Å²) in [6.45, 7) is 7.21. The molecule has 3 heterocycles. The van der Waals surface area contributed by atoms with Crippen LogP contribution < -0.4 is 0 Å². The summed E-state index contributed by atoms with van der Waals surface area (Å²) in [5, 5.41) is 1.14. The first-order chi connectivity index (χ1) is 11.4. The number of pyridine rings is 1. The summed E-state index contributed by atoms with van der Waals surface area (Å²) in [6.07, 6.45) is 7.44. The van der Waals surface area contributed by atoms with Gasteiger partial charge < -0.3 is 4.57 Å². The lowest BCUT2D eigenvalue weighted by atomic mass is 10.0. The quantitative estimate of drug-likeness (QED) is 0.832. The van der Waals surface area contributed by atoms with Crippen LogP contribution in [0.1, 0.15) is 45.2 Å². The molecule has 1 aliphatic rings. The van der Waals surface area contributed by atoms with E-state index >= 15 is 0 Å². The van der Waals surface area contributed by atoms with Crippen molar-refractivity contribution in [3.63, 3.8) is 0 Å². The van der Waals surface area contributed by atoms with Crippen molar-refractivity contribution >= 4 is 26.6 Å². The minimum Gasteiger partial charge on any atom is -0.329 e. The average molecular weight is 347 g/mol. The fraction of sp³-hybridized carbons (Fsp3) is 0.500. The van der Waals surface area contributed by atoms with Crippen LogP contribution in [-0.4, -0.2) is 41.1 Å². The first kappa shape index (κ1) is 17.2. The molecule has 0 aromatic carbocycles. The second kappa shape index (κ2) is 6.69. The third-order valence-electron chi connectivity index (χ3n) is 4.52. The predicted octanol–water partition coefficient (Wildman–Crippen LogP) is 3.45. The highest BCUT2D eigenvalue weighted by molar-refractivity contribution is 7.89. The number of fused-ring (bicyclic) bond motifs is 1. The monoisotopic (exact) mass is 347 g/mol. The molecule has 0 spiro atoms. The van der Waals surface area contributed by atoms with Crippen molar-refractivity contribution in [2.75, 3.05) is 18.8 Å². The third kappa shape index (κ3) is 3.13. The summed E-state index contributed by atoms with van der Waals surface area (Å²) >= 11 is 0. The van der Waals surface area contributed by atoms with Gasteiger partial charge in [0.05, 0.1) is 5.75 Å². The maximum atomic E-state index is 12.2. The molecule has 24 heavy (non-hydrogen) atoms. The summed E-state index contributed by atoms with van der Waals surface area (Å²) < 4.78 is 28.2. The van der Waals surface area contributed by atoms with Crippen LogP contribution in [0.4, 0.5) is 0 Å². The lowest BCUT2D eigenvalue weighted by molar-refractivity contribution is 0.440. The Morgan fingerprint density at radius 2 is 2.12 bits per heavy atom. The van der Waals surface area contributed by atoms with E-state index in [1.54, 1.807) is 4.31 Å². The second-order valence-electron chi connectivity index (χ2n) is 6.57. The highest BCUT2D eigenvalue weighted by Gasteiger charge is 2.25.